The van der Waals surface area contributed by atoms with Gasteiger partial charge in [0, 0.05) is 32.7 Å². The molecule has 1 aliphatic rings. The van der Waals surface area contributed by atoms with Crippen molar-refractivity contribution in [2.75, 3.05) is 45.9 Å². The lowest BCUT2D eigenvalue weighted by atomic mass is 9.96. The third-order valence-electron chi connectivity index (χ3n) is 5.11. The van der Waals surface area contributed by atoms with E-state index in [4.69, 9.17) is 9.84 Å². The molecule has 1 heterocycles. The van der Waals surface area contributed by atoms with Crippen molar-refractivity contribution in [1.29, 1.82) is 0 Å². The Morgan fingerprint density at radius 1 is 0.933 bits per heavy atom. The SMILES string of the molecule is O=C(O)COCC=CCN1CCN(C(c2ccc(F)cc2)c2ccc(F)cc2)CC1. The summed E-state index contributed by atoms with van der Waals surface area (Å²) in [7, 11) is 0. The molecule has 7 heteroatoms. The second kappa shape index (κ2) is 11.0. The molecule has 160 valence electrons. The van der Waals surface area contributed by atoms with Gasteiger partial charge in [-0.15, -0.1) is 0 Å². The molecule has 5 nitrogen and oxygen atoms in total. The average molecular weight is 416 g/mol. The van der Waals surface area contributed by atoms with Gasteiger partial charge in [0.2, 0.25) is 0 Å². The zero-order valence-electron chi connectivity index (χ0n) is 16.7. The molecule has 0 unspecified atom stereocenters. The maximum Gasteiger partial charge on any atom is 0.329 e. The van der Waals surface area contributed by atoms with Gasteiger partial charge in [-0.2, -0.15) is 0 Å². The molecular formula is C23H26F2N2O3. The maximum absolute atomic E-state index is 13.4. The predicted octanol–water partition coefficient (Wildman–Crippen LogP) is 3.33. The van der Waals surface area contributed by atoms with E-state index in [1.165, 1.54) is 24.3 Å². The third-order valence-corrected chi connectivity index (χ3v) is 5.11. The predicted molar refractivity (Wildman–Crippen MR) is 110 cm³/mol. The van der Waals surface area contributed by atoms with Crippen LogP contribution in [0.15, 0.2) is 60.7 Å². The topological polar surface area (TPSA) is 53.0 Å². The smallest absolute Gasteiger partial charge is 0.329 e. The van der Waals surface area contributed by atoms with E-state index in [2.05, 4.69) is 9.80 Å². The maximum atomic E-state index is 13.4. The van der Waals surface area contributed by atoms with Crippen molar-refractivity contribution in [3.05, 3.63) is 83.4 Å². The van der Waals surface area contributed by atoms with Crippen LogP contribution in [0.4, 0.5) is 8.78 Å². The Bertz CT molecular complexity index is 787. The van der Waals surface area contributed by atoms with Crippen molar-refractivity contribution >= 4 is 5.97 Å². The largest absolute Gasteiger partial charge is 0.480 e. The van der Waals surface area contributed by atoms with Crippen molar-refractivity contribution in [1.82, 2.24) is 9.80 Å². The minimum atomic E-state index is -0.976. The minimum absolute atomic E-state index is 0.0617. The molecule has 0 spiro atoms. The van der Waals surface area contributed by atoms with Crippen LogP contribution in [0.25, 0.3) is 0 Å². The molecule has 1 N–H and O–H groups in total. The van der Waals surface area contributed by atoms with Crippen LogP contribution in [0.3, 0.4) is 0 Å². The molecule has 30 heavy (non-hydrogen) atoms. The summed E-state index contributed by atoms with van der Waals surface area (Å²) < 4.78 is 31.8. The molecule has 0 aliphatic carbocycles. The highest BCUT2D eigenvalue weighted by molar-refractivity contribution is 5.68. The van der Waals surface area contributed by atoms with Crippen molar-refractivity contribution < 1.29 is 23.4 Å². The fourth-order valence-corrected chi connectivity index (χ4v) is 3.61. The van der Waals surface area contributed by atoms with E-state index in [0.717, 1.165) is 43.9 Å². The molecular weight excluding hydrogens is 390 g/mol. The standard InChI is InChI=1S/C23H26F2N2O3/c24-20-7-3-18(4-8-20)23(19-5-9-21(25)10-6-19)27-14-12-26(13-15-27)11-1-2-16-30-17-22(28)29/h1-10,23H,11-17H2,(H,28,29). The highest BCUT2D eigenvalue weighted by Crippen LogP contribution is 2.30. The first-order chi connectivity index (χ1) is 14.5. The molecule has 0 aromatic heterocycles. The van der Waals surface area contributed by atoms with E-state index in [9.17, 15) is 13.6 Å². The molecule has 0 saturated carbocycles. The summed E-state index contributed by atoms with van der Waals surface area (Å²) in [5.74, 6) is -1.53. The Morgan fingerprint density at radius 3 is 1.97 bits per heavy atom. The van der Waals surface area contributed by atoms with Gasteiger partial charge in [-0.3, -0.25) is 9.80 Å². The number of carbonyl (C=O) groups is 1. The number of ether oxygens (including phenoxy) is 1. The lowest BCUT2D eigenvalue weighted by molar-refractivity contribution is -0.141. The Balaban J connectivity index is 1.60. The first-order valence-electron chi connectivity index (χ1n) is 9.95. The summed E-state index contributed by atoms with van der Waals surface area (Å²) in [6.07, 6.45) is 3.81. The first-order valence-corrected chi connectivity index (χ1v) is 9.95. The number of carboxylic acids is 1. The Hall–Kier alpha value is -2.61. The van der Waals surface area contributed by atoms with E-state index < -0.39 is 5.97 Å². The van der Waals surface area contributed by atoms with Crippen molar-refractivity contribution in [2.24, 2.45) is 0 Å². The van der Waals surface area contributed by atoms with E-state index in [1.54, 1.807) is 24.3 Å². The number of benzene rings is 2. The van der Waals surface area contributed by atoms with E-state index in [1.807, 2.05) is 12.2 Å². The molecule has 1 saturated heterocycles. The van der Waals surface area contributed by atoms with Crippen LogP contribution in [0.5, 0.6) is 0 Å². The summed E-state index contributed by atoms with van der Waals surface area (Å²) in [6.45, 7) is 4.12. The van der Waals surface area contributed by atoms with Gasteiger partial charge in [-0.05, 0) is 35.4 Å². The molecule has 2 aromatic carbocycles. The summed E-state index contributed by atoms with van der Waals surface area (Å²) in [4.78, 5) is 15.0. The Morgan fingerprint density at radius 2 is 1.47 bits per heavy atom. The van der Waals surface area contributed by atoms with Gasteiger partial charge < -0.3 is 9.84 Å². The van der Waals surface area contributed by atoms with Crippen molar-refractivity contribution in [3.8, 4) is 0 Å². The molecule has 2 aromatic rings. The van der Waals surface area contributed by atoms with Gasteiger partial charge in [0.05, 0.1) is 12.6 Å². The number of nitrogens with zero attached hydrogens (tertiary/aromatic N) is 2. The summed E-state index contributed by atoms with van der Waals surface area (Å²) in [6, 6.07) is 12.9. The van der Waals surface area contributed by atoms with Crippen LogP contribution in [0.1, 0.15) is 17.2 Å². The number of rotatable bonds is 9. The lowest BCUT2D eigenvalue weighted by Crippen LogP contribution is -2.47. The zero-order valence-corrected chi connectivity index (χ0v) is 16.7. The third kappa shape index (κ3) is 6.45. The molecule has 0 radical (unpaired) electrons. The Labute approximate surface area is 175 Å². The fourth-order valence-electron chi connectivity index (χ4n) is 3.61. The molecule has 0 bridgehead atoms. The fraction of sp³-hybridized carbons (Fsp3) is 0.348. The van der Waals surface area contributed by atoms with Crippen molar-refractivity contribution in [3.63, 3.8) is 0 Å². The molecule has 0 atom stereocenters. The van der Waals surface area contributed by atoms with Crippen LogP contribution >= 0.6 is 0 Å². The Kier molecular flexibility index (Phi) is 8.07. The van der Waals surface area contributed by atoms with Gasteiger partial charge in [-0.1, -0.05) is 36.4 Å². The highest BCUT2D eigenvalue weighted by Gasteiger charge is 2.26. The van der Waals surface area contributed by atoms with Gasteiger partial charge in [0.15, 0.2) is 0 Å². The quantitative estimate of drug-likeness (QED) is 0.502. The van der Waals surface area contributed by atoms with E-state index >= 15 is 0 Å². The summed E-state index contributed by atoms with van der Waals surface area (Å²) in [5, 5.41) is 8.54. The summed E-state index contributed by atoms with van der Waals surface area (Å²) in [5.41, 5.74) is 1.96. The van der Waals surface area contributed by atoms with E-state index in [-0.39, 0.29) is 30.9 Å². The molecule has 0 amide bonds. The number of halogens is 2. The first kappa shape index (κ1) is 22.1. The lowest BCUT2D eigenvalue weighted by Gasteiger charge is -2.39. The van der Waals surface area contributed by atoms with E-state index in [0.29, 0.717) is 0 Å². The van der Waals surface area contributed by atoms with Crippen LogP contribution in [-0.2, 0) is 9.53 Å². The second-order valence-corrected chi connectivity index (χ2v) is 7.22. The number of carboxylic acid groups (broad SMARTS) is 1. The zero-order chi connectivity index (χ0) is 21.3. The monoisotopic (exact) mass is 416 g/mol. The van der Waals surface area contributed by atoms with Crippen LogP contribution < -0.4 is 0 Å². The van der Waals surface area contributed by atoms with Crippen molar-refractivity contribution in [2.45, 2.75) is 6.04 Å². The molecule has 1 aliphatic heterocycles. The number of aliphatic carboxylic acids is 1. The van der Waals surface area contributed by atoms with Gasteiger partial charge in [0.1, 0.15) is 18.2 Å². The summed E-state index contributed by atoms with van der Waals surface area (Å²) >= 11 is 0. The van der Waals surface area contributed by atoms with Gasteiger partial charge >= 0.3 is 5.97 Å². The molecule has 1 fully saturated rings. The normalized spacial score (nSPS) is 15.8. The van der Waals surface area contributed by atoms with Gasteiger partial charge in [-0.25, -0.2) is 13.6 Å². The highest BCUT2D eigenvalue weighted by atomic mass is 19.1. The number of piperazine rings is 1. The average Bonchev–Trinajstić information content (AvgIpc) is 2.74. The van der Waals surface area contributed by atoms with Crippen LogP contribution in [0.2, 0.25) is 0 Å². The number of hydrogen-bond acceptors (Lipinski definition) is 4. The minimum Gasteiger partial charge on any atom is -0.480 e. The second-order valence-electron chi connectivity index (χ2n) is 7.22. The van der Waals surface area contributed by atoms with Gasteiger partial charge in [0.25, 0.3) is 0 Å². The van der Waals surface area contributed by atoms with Crippen LogP contribution in [-0.4, -0.2) is 66.8 Å². The number of hydrogen-bond donors (Lipinski definition) is 1. The molecule has 3 rings (SSSR count). The van der Waals surface area contributed by atoms with Crippen LogP contribution in [0, 0.1) is 11.6 Å².